The summed E-state index contributed by atoms with van der Waals surface area (Å²) in [5.74, 6) is 0.0963. The molecule has 0 saturated carbocycles. The van der Waals surface area contributed by atoms with Crippen molar-refractivity contribution in [2.45, 2.75) is 19.8 Å². The zero-order valence-electron chi connectivity index (χ0n) is 15.1. The lowest BCUT2D eigenvalue weighted by molar-refractivity contribution is -0.117. The van der Waals surface area contributed by atoms with Crippen LogP contribution in [0.25, 0.3) is 6.08 Å². The van der Waals surface area contributed by atoms with Gasteiger partial charge in [-0.1, -0.05) is 43.7 Å². The lowest BCUT2D eigenvalue weighted by Crippen LogP contribution is -2.35. The van der Waals surface area contributed by atoms with Gasteiger partial charge in [0.05, 0.1) is 7.11 Å². The molecule has 0 bridgehead atoms. The molecule has 136 valence electrons. The maximum atomic E-state index is 12.5. The predicted octanol–water partition coefficient (Wildman–Crippen LogP) is 3.38. The topological polar surface area (TPSA) is 67.4 Å². The van der Waals surface area contributed by atoms with E-state index in [1.54, 1.807) is 49.6 Å². The fourth-order valence-electron chi connectivity index (χ4n) is 2.28. The van der Waals surface area contributed by atoms with Crippen molar-refractivity contribution < 1.29 is 14.3 Å². The van der Waals surface area contributed by atoms with Gasteiger partial charge in [0.2, 0.25) is 0 Å². The number of carbonyl (C=O) groups excluding carboxylic acids is 2. The van der Waals surface area contributed by atoms with E-state index in [9.17, 15) is 9.59 Å². The van der Waals surface area contributed by atoms with E-state index in [-0.39, 0.29) is 17.5 Å². The lowest BCUT2D eigenvalue weighted by Gasteiger charge is -2.11. The van der Waals surface area contributed by atoms with Crippen LogP contribution in [0, 0.1) is 0 Å². The Morgan fingerprint density at radius 1 is 1.04 bits per heavy atom. The van der Waals surface area contributed by atoms with Crippen molar-refractivity contribution in [3.05, 3.63) is 71.4 Å². The van der Waals surface area contributed by atoms with Gasteiger partial charge in [-0.15, -0.1) is 0 Å². The molecule has 5 heteroatoms. The molecular formula is C21H24N2O3. The smallest absolute Gasteiger partial charge is 0.267 e. The summed E-state index contributed by atoms with van der Waals surface area (Å²) in [5.41, 5.74) is 1.49. The van der Waals surface area contributed by atoms with Gasteiger partial charge in [-0.25, -0.2) is 0 Å². The molecule has 0 heterocycles. The van der Waals surface area contributed by atoms with Crippen LogP contribution in [-0.4, -0.2) is 25.5 Å². The first-order chi connectivity index (χ1) is 12.6. The number of carbonyl (C=O) groups is 2. The Labute approximate surface area is 154 Å². The Morgan fingerprint density at radius 3 is 2.35 bits per heavy atom. The summed E-state index contributed by atoms with van der Waals surface area (Å²) in [6, 6.07) is 16.1. The number of ether oxygens (including phenoxy) is 1. The largest absolute Gasteiger partial charge is 0.497 e. The minimum absolute atomic E-state index is 0.208. The molecule has 0 saturated heterocycles. The van der Waals surface area contributed by atoms with Crippen LogP contribution in [0.15, 0.2) is 60.3 Å². The van der Waals surface area contributed by atoms with Gasteiger partial charge in [0.1, 0.15) is 11.4 Å². The number of unbranched alkanes of at least 4 members (excludes halogenated alkanes) is 1. The second-order valence-electron chi connectivity index (χ2n) is 5.76. The highest BCUT2D eigenvalue weighted by Crippen LogP contribution is 2.14. The number of methoxy groups -OCH3 is 1. The summed E-state index contributed by atoms with van der Waals surface area (Å²) >= 11 is 0. The highest BCUT2D eigenvalue weighted by atomic mass is 16.5. The number of nitrogens with one attached hydrogen (secondary N) is 2. The van der Waals surface area contributed by atoms with Crippen molar-refractivity contribution in [1.82, 2.24) is 10.6 Å². The summed E-state index contributed by atoms with van der Waals surface area (Å²) in [5, 5.41) is 5.55. The van der Waals surface area contributed by atoms with E-state index in [0.717, 1.165) is 24.2 Å². The van der Waals surface area contributed by atoms with Crippen LogP contribution in [0.4, 0.5) is 0 Å². The van der Waals surface area contributed by atoms with Gasteiger partial charge in [-0.05, 0) is 42.3 Å². The van der Waals surface area contributed by atoms with Crippen molar-refractivity contribution in [3.8, 4) is 5.75 Å². The molecule has 0 fully saturated rings. The molecule has 0 aliphatic heterocycles. The van der Waals surface area contributed by atoms with Gasteiger partial charge in [0.15, 0.2) is 0 Å². The van der Waals surface area contributed by atoms with Crippen molar-refractivity contribution >= 4 is 17.9 Å². The van der Waals surface area contributed by atoms with Crippen LogP contribution in [0.5, 0.6) is 5.75 Å². The minimum Gasteiger partial charge on any atom is -0.497 e. The van der Waals surface area contributed by atoms with E-state index >= 15 is 0 Å². The summed E-state index contributed by atoms with van der Waals surface area (Å²) < 4.78 is 5.14. The maximum Gasteiger partial charge on any atom is 0.267 e. The molecule has 0 aliphatic carbocycles. The molecule has 2 aromatic rings. The molecule has 0 aromatic heterocycles. The lowest BCUT2D eigenvalue weighted by atomic mass is 10.1. The standard InChI is InChI=1S/C21H24N2O3/c1-3-4-14-22-21(25)19(15-16-10-12-18(26-2)13-11-16)23-20(24)17-8-6-5-7-9-17/h5-13,15H,3-4,14H2,1-2H3,(H,22,25)(H,23,24)/b19-15-. The SMILES string of the molecule is CCCCNC(=O)/C(=C/c1ccc(OC)cc1)NC(=O)c1ccccc1. The fraction of sp³-hybridized carbons (Fsp3) is 0.238. The second-order valence-corrected chi connectivity index (χ2v) is 5.76. The summed E-state index contributed by atoms with van der Waals surface area (Å²) in [6.07, 6.45) is 3.52. The number of hydrogen-bond acceptors (Lipinski definition) is 3. The second kappa shape index (κ2) is 10.0. The Hall–Kier alpha value is -3.08. The van der Waals surface area contributed by atoms with Crippen LogP contribution >= 0.6 is 0 Å². The average Bonchev–Trinajstić information content (AvgIpc) is 2.68. The molecule has 5 nitrogen and oxygen atoms in total. The van der Waals surface area contributed by atoms with Crippen LogP contribution in [0.3, 0.4) is 0 Å². The monoisotopic (exact) mass is 352 g/mol. The number of amides is 2. The van der Waals surface area contributed by atoms with E-state index in [2.05, 4.69) is 17.6 Å². The summed E-state index contributed by atoms with van der Waals surface area (Å²) in [7, 11) is 1.59. The molecule has 2 aromatic carbocycles. The molecular weight excluding hydrogens is 328 g/mol. The van der Waals surface area contributed by atoms with Crippen molar-refractivity contribution in [3.63, 3.8) is 0 Å². The number of hydrogen-bond donors (Lipinski definition) is 2. The third-order valence-electron chi connectivity index (χ3n) is 3.77. The average molecular weight is 352 g/mol. The number of benzene rings is 2. The molecule has 0 spiro atoms. The van der Waals surface area contributed by atoms with Crippen LogP contribution in [0.1, 0.15) is 35.7 Å². The van der Waals surface area contributed by atoms with E-state index in [1.165, 1.54) is 0 Å². The van der Waals surface area contributed by atoms with Gasteiger partial charge in [0.25, 0.3) is 11.8 Å². The van der Waals surface area contributed by atoms with Gasteiger partial charge in [0, 0.05) is 12.1 Å². The van der Waals surface area contributed by atoms with Crippen molar-refractivity contribution in [2.75, 3.05) is 13.7 Å². The first-order valence-corrected chi connectivity index (χ1v) is 8.64. The zero-order chi connectivity index (χ0) is 18.8. The van der Waals surface area contributed by atoms with Crippen LogP contribution in [0.2, 0.25) is 0 Å². The first-order valence-electron chi connectivity index (χ1n) is 8.64. The molecule has 0 unspecified atom stereocenters. The normalized spacial score (nSPS) is 10.9. The molecule has 2 rings (SSSR count). The molecule has 0 aliphatic rings. The fourth-order valence-corrected chi connectivity index (χ4v) is 2.28. The van der Waals surface area contributed by atoms with Crippen molar-refractivity contribution in [1.29, 1.82) is 0 Å². The molecule has 2 amide bonds. The Kier molecular flexibility index (Phi) is 7.43. The minimum atomic E-state index is -0.323. The Morgan fingerprint density at radius 2 is 1.73 bits per heavy atom. The molecule has 0 atom stereocenters. The zero-order valence-corrected chi connectivity index (χ0v) is 15.1. The maximum absolute atomic E-state index is 12.5. The van der Waals surface area contributed by atoms with Crippen molar-refractivity contribution in [2.24, 2.45) is 0 Å². The highest BCUT2D eigenvalue weighted by molar-refractivity contribution is 6.05. The summed E-state index contributed by atoms with van der Waals surface area (Å²) in [4.78, 5) is 24.9. The predicted molar refractivity (Wildman–Crippen MR) is 103 cm³/mol. The highest BCUT2D eigenvalue weighted by Gasteiger charge is 2.14. The summed E-state index contributed by atoms with van der Waals surface area (Å²) in [6.45, 7) is 2.62. The van der Waals surface area contributed by atoms with Gasteiger partial charge < -0.3 is 15.4 Å². The van der Waals surface area contributed by atoms with E-state index < -0.39 is 0 Å². The van der Waals surface area contributed by atoms with Crippen LogP contribution in [-0.2, 0) is 4.79 Å². The van der Waals surface area contributed by atoms with Gasteiger partial charge >= 0.3 is 0 Å². The molecule has 26 heavy (non-hydrogen) atoms. The van der Waals surface area contributed by atoms with E-state index in [1.807, 2.05) is 18.2 Å². The Balaban J connectivity index is 2.21. The number of rotatable bonds is 8. The van der Waals surface area contributed by atoms with E-state index in [0.29, 0.717) is 12.1 Å². The van der Waals surface area contributed by atoms with Gasteiger partial charge in [-0.3, -0.25) is 9.59 Å². The first kappa shape index (κ1) is 19.2. The third-order valence-corrected chi connectivity index (χ3v) is 3.77. The van der Waals surface area contributed by atoms with Crippen LogP contribution < -0.4 is 15.4 Å². The van der Waals surface area contributed by atoms with E-state index in [4.69, 9.17) is 4.74 Å². The Bertz CT molecular complexity index is 753. The quantitative estimate of drug-likeness (QED) is 0.565. The molecule has 0 radical (unpaired) electrons. The third kappa shape index (κ3) is 5.77. The van der Waals surface area contributed by atoms with Gasteiger partial charge in [-0.2, -0.15) is 0 Å². The molecule has 2 N–H and O–H groups in total.